The number of benzene rings is 1. The lowest BCUT2D eigenvalue weighted by atomic mass is 10.1. The Morgan fingerprint density at radius 3 is 2.59 bits per heavy atom. The third kappa shape index (κ3) is 5.18. The van der Waals surface area contributed by atoms with Crippen molar-refractivity contribution < 1.29 is 22.3 Å². The molecule has 0 saturated heterocycles. The summed E-state index contributed by atoms with van der Waals surface area (Å²) in [5, 5.41) is 8.56. The van der Waals surface area contributed by atoms with Gasteiger partial charge in [-0.15, -0.1) is 21.5 Å². The van der Waals surface area contributed by atoms with E-state index in [1.807, 2.05) is 13.8 Å². The van der Waals surface area contributed by atoms with Crippen LogP contribution in [0.5, 0.6) is 11.6 Å². The van der Waals surface area contributed by atoms with Crippen LogP contribution in [-0.4, -0.2) is 37.0 Å². The number of hydrogen-bond acceptors (Lipinski definition) is 8. The van der Waals surface area contributed by atoms with Gasteiger partial charge in [-0.05, 0) is 38.1 Å². The number of nitrogens with one attached hydrogen (secondary N) is 1. The second kappa shape index (κ2) is 8.29. The van der Waals surface area contributed by atoms with Gasteiger partial charge < -0.3 is 9.47 Å². The smallest absolute Gasteiger partial charge is 0.257 e. The van der Waals surface area contributed by atoms with Crippen LogP contribution in [0.3, 0.4) is 0 Å². The van der Waals surface area contributed by atoms with Crippen LogP contribution < -0.4 is 14.2 Å². The summed E-state index contributed by atoms with van der Waals surface area (Å²) in [7, 11) is -2.26. The molecular formula is C18H19FN4O4S2. The van der Waals surface area contributed by atoms with Gasteiger partial charge in [0, 0.05) is 10.4 Å². The molecule has 0 spiro atoms. The minimum atomic E-state index is -3.59. The van der Waals surface area contributed by atoms with Crippen LogP contribution >= 0.6 is 11.3 Å². The summed E-state index contributed by atoms with van der Waals surface area (Å²) in [6.45, 7) is 4.16. The van der Waals surface area contributed by atoms with Crippen LogP contribution in [0.2, 0.25) is 0 Å². The van der Waals surface area contributed by atoms with Crippen molar-refractivity contribution in [3.05, 3.63) is 45.7 Å². The molecule has 2 heterocycles. The molecule has 0 amide bonds. The van der Waals surface area contributed by atoms with Crippen molar-refractivity contribution in [2.75, 3.05) is 18.1 Å². The number of rotatable bonds is 7. The highest BCUT2D eigenvalue weighted by Crippen LogP contribution is 2.31. The molecule has 3 rings (SSSR count). The zero-order valence-electron chi connectivity index (χ0n) is 16.2. The number of nitrogens with zero attached hydrogens (tertiary/aromatic N) is 3. The van der Waals surface area contributed by atoms with Crippen molar-refractivity contribution in [1.82, 2.24) is 15.2 Å². The first-order valence-corrected chi connectivity index (χ1v) is 11.1. The first kappa shape index (κ1) is 20.9. The van der Waals surface area contributed by atoms with E-state index < -0.39 is 15.8 Å². The average Bonchev–Trinajstić information content (AvgIpc) is 2.97. The van der Waals surface area contributed by atoms with Gasteiger partial charge in [-0.1, -0.05) is 0 Å². The molecule has 0 aliphatic rings. The molecule has 1 N–H and O–H groups in total. The number of thiazole rings is 1. The maximum atomic E-state index is 14.4. The minimum Gasteiger partial charge on any atom is -0.486 e. The highest BCUT2D eigenvalue weighted by molar-refractivity contribution is 7.92. The molecule has 0 radical (unpaired) electrons. The second-order valence-corrected chi connectivity index (χ2v) is 9.24. The van der Waals surface area contributed by atoms with Crippen molar-refractivity contribution in [1.29, 1.82) is 0 Å². The Morgan fingerprint density at radius 1 is 1.21 bits per heavy atom. The molecule has 1 aromatic carbocycles. The molecule has 154 valence electrons. The predicted octanol–water partition coefficient (Wildman–Crippen LogP) is 3.32. The normalized spacial score (nSPS) is 11.3. The molecule has 0 saturated carbocycles. The van der Waals surface area contributed by atoms with E-state index in [9.17, 15) is 12.8 Å². The number of halogens is 1. The molecule has 0 atom stereocenters. The quantitative estimate of drug-likeness (QED) is 0.603. The fourth-order valence-corrected chi connectivity index (χ4v) is 3.87. The van der Waals surface area contributed by atoms with Gasteiger partial charge in [0.05, 0.1) is 24.8 Å². The van der Waals surface area contributed by atoms with Crippen LogP contribution in [0.15, 0.2) is 24.3 Å². The first-order valence-electron chi connectivity index (χ1n) is 8.41. The van der Waals surface area contributed by atoms with Crippen molar-refractivity contribution in [3.8, 4) is 22.9 Å². The monoisotopic (exact) mass is 438 g/mol. The van der Waals surface area contributed by atoms with E-state index in [4.69, 9.17) is 9.47 Å². The van der Waals surface area contributed by atoms with Crippen molar-refractivity contribution in [2.45, 2.75) is 20.5 Å². The summed E-state index contributed by atoms with van der Waals surface area (Å²) in [5.74, 6) is -0.160. The van der Waals surface area contributed by atoms with Gasteiger partial charge in [0.1, 0.15) is 28.9 Å². The SMILES string of the molecule is COc1nnc(-c2cc(OCc3nc(C)c(C)s3)ccc2F)cc1NS(C)(=O)=O. The molecule has 0 bridgehead atoms. The van der Waals surface area contributed by atoms with Crippen molar-refractivity contribution in [3.63, 3.8) is 0 Å². The van der Waals surface area contributed by atoms with Gasteiger partial charge in [0.15, 0.2) is 0 Å². The summed E-state index contributed by atoms with van der Waals surface area (Å²) in [6.07, 6.45) is 0.990. The van der Waals surface area contributed by atoms with E-state index >= 15 is 0 Å². The standard InChI is InChI=1S/C18H19FN4O4S2/c1-10-11(2)28-17(20-10)9-27-12-5-6-14(19)13(7-12)15-8-16(23-29(4,24)25)18(26-3)22-21-15/h5-8H,9H2,1-4H3,(H,21,23). The largest absolute Gasteiger partial charge is 0.486 e. The summed E-state index contributed by atoms with van der Waals surface area (Å²) in [4.78, 5) is 5.52. The minimum absolute atomic E-state index is 0.0264. The van der Waals surface area contributed by atoms with Gasteiger partial charge >= 0.3 is 0 Å². The van der Waals surface area contributed by atoms with E-state index in [1.165, 1.54) is 42.7 Å². The molecule has 11 heteroatoms. The number of sulfonamides is 1. The first-order chi connectivity index (χ1) is 13.7. The van der Waals surface area contributed by atoms with Crippen molar-refractivity contribution in [2.24, 2.45) is 0 Å². The number of anilines is 1. The average molecular weight is 439 g/mol. The Balaban J connectivity index is 1.90. The number of ether oxygens (including phenoxy) is 2. The van der Waals surface area contributed by atoms with E-state index in [0.29, 0.717) is 5.75 Å². The Bertz CT molecular complexity index is 1130. The third-order valence-corrected chi connectivity index (χ3v) is 5.53. The highest BCUT2D eigenvalue weighted by atomic mass is 32.2. The second-order valence-electron chi connectivity index (χ2n) is 6.21. The molecular weight excluding hydrogens is 419 g/mol. The van der Waals surface area contributed by atoms with Gasteiger partial charge in [-0.2, -0.15) is 0 Å². The van der Waals surface area contributed by atoms with E-state index in [2.05, 4.69) is 19.9 Å². The maximum absolute atomic E-state index is 14.4. The number of methoxy groups -OCH3 is 1. The lowest BCUT2D eigenvalue weighted by Crippen LogP contribution is -2.12. The zero-order valence-corrected chi connectivity index (χ0v) is 17.8. The van der Waals surface area contributed by atoms with Crippen LogP contribution in [0.4, 0.5) is 10.1 Å². The van der Waals surface area contributed by atoms with Crippen molar-refractivity contribution >= 4 is 27.0 Å². The van der Waals surface area contributed by atoms with Gasteiger partial charge in [-0.3, -0.25) is 4.72 Å². The molecule has 8 nitrogen and oxygen atoms in total. The lowest BCUT2D eigenvalue weighted by molar-refractivity contribution is 0.305. The Morgan fingerprint density at radius 2 is 1.97 bits per heavy atom. The molecule has 3 aromatic rings. The summed E-state index contributed by atoms with van der Waals surface area (Å²) in [5.41, 5.74) is 1.24. The summed E-state index contributed by atoms with van der Waals surface area (Å²) >= 11 is 1.54. The molecule has 0 unspecified atom stereocenters. The summed E-state index contributed by atoms with van der Waals surface area (Å²) < 4.78 is 50.6. The van der Waals surface area contributed by atoms with Crippen LogP contribution in [0.1, 0.15) is 15.6 Å². The predicted molar refractivity (Wildman–Crippen MR) is 108 cm³/mol. The number of aromatic nitrogens is 3. The van der Waals surface area contributed by atoms with Crippen LogP contribution in [-0.2, 0) is 16.6 Å². The fourth-order valence-electron chi connectivity index (χ4n) is 2.47. The molecule has 2 aromatic heterocycles. The number of hydrogen-bond donors (Lipinski definition) is 1. The molecule has 0 fully saturated rings. The van der Waals surface area contributed by atoms with Crippen LogP contribution in [0.25, 0.3) is 11.3 Å². The third-order valence-electron chi connectivity index (χ3n) is 3.90. The van der Waals surface area contributed by atoms with Gasteiger partial charge in [-0.25, -0.2) is 17.8 Å². The van der Waals surface area contributed by atoms with Gasteiger partial charge in [0.25, 0.3) is 5.88 Å². The number of aryl methyl sites for hydroxylation is 2. The Kier molecular flexibility index (Phi) is 5.99. The maximum Gasteiger partial charge on any atom is 0.257 e. The molecule has 29 heavy (non-hydrogen) atoms. The van der Waals surface area contributed by atoms with Gasteiger partial charge in [0.2, 0.25) is 10.0 Å². The zero-order chi connectivity index (χ0) is 21.2. The molecule has 0 aliphatic heterocycles. The fraction of sp³-hybridized carbons (Fsp3) is 0.278. The highest BCUT2D eigenvalue weighted by Gasteiger charge is 2.16. The lowest BCUT2D eigenvalue weighted by Gasteiger charge is -2.11. The topological polar surface area (TPSA) is 103 Å². The molecule has 0 aliphatic carbocycles. The van der Waals surface area contributed by atoms with E-state index in [-0.39, 0.29) is 29.4 Å². The Hall–Kier alpha value is -2.79. The summed E-state index contributed by atoms with van der Waals surface area (Å²) in [6, 6.07) is 5.57. The van der Waals surface area contributed by atoms with E-state index in [1.54, 1.807) is 0 Å². The van der Waals surface area contributed by atoms with Crippen LogP contribution in [0, 0.1) is 19.7 Å². The Labute approximate surface area is 171 Å². The van der Waals surface area contributed by atoms with E-state index in [0.717, 1.165) is 21.8 Å².